The van der Waals surface area contributed by atoms with Gasteiger partial charge in [-0.15, -0.1) is 0 Å². The summed E-state index contributed by atoms with van der Waals surface area (Å²) >= 11 is 9.33. The van der Waals surface area contributed by atoms with Crippen molar-refractivity contribution < 1.29 is 4.39 Å². The molecular formula is C12H11BrClFN4. The predicted octanol–water partition coefficient (Wildman–Crippen LogP) is 4.21. The second-order valence-corrected chi connectivity index (χ2v) is 4.93. The van der Waals surface area contributed by atoms with Crippen molar-refractivity contribution in [3.8, 4) is 0 Å². The van der Waals surface area contributed by atoms with E-state index >= 15 is 0 Å². The summed E-state index contributed by atoms with van der Waals surface area (Å²) in [5.41, 5.74) is 0.448. The largest absolute Gasteiger partial charge is 0.354 e. The molecule has 0 fully saturated rings. The quantitative estimate of drug-likeness (QED) is 0.871. The minimum absolute atomic E-state index is 0.371. The molecule has 0 unspecified atom stereocenters. The number of nitrogens with one attached hydrogen (secondary N) is 2. The molecule has 0 aliphatic rings. The number of benzene rings is 1. The highest BCUT2D eigenvalue weighted by Gasteiger charge is 2.08. The third-order valence-electron chi connectivity index (χ3n) is 2.26. The Morgan fingerprint density at radius 2 is 2.21 bits per heavy atom. The van der Waals surface area contributed by atoms with Crippen LogP contribution >= 0.6 is 27.5 Å². The number of hydrogen-bond acceptors (Lipinski definition) is 4. The molecule has 0 radical (unpaired) electrons. The first-order chi connectivity index (χ1) is 9.10. The Labute approximate surface area is 123 Å². The summed E-state index contributed by atoms with van der Waals surface area (Å²) in [5, 5.41) is 6.38. The molecule has 0 aliphatic carbocycles. The van der Waals surface area contributed by atoms with Crippen LogP contribution in [0, 0.1) is 5.82 Å². The summed E-state index contributed by atoms with van der Waals surface area (Å²) in [5.74, 6) is 0.628. The van der Waals surface area contributed by atoms with Gasteiger partial charge in [0.2, 0.25) is 5.95 Å². The summed E-state index contributed by atoms with van der Waals surface area (Å²) in [6.45, 7) is 2.66. The monoisotopic (exact) mass is 344 g/mol. The molecule has 4 nitrogen and oxygen atoms in total. The van der Waals surface area contributed by atoms with Crippen LogP contribution in [0.4, 0.5) is 21.8 Å². The van der Waals surface area contributed by atoms with E-state index in [9.17, 15) is 4.39 Å². The summed E-state index contributed by atoms with van der Waals surface area (Å²) in [6.07, 6.45) is 1.61. The Morgan fingerprint density at radius 3 is 2.95 bits per heavy atom. The normalized spacial score (nSPS) is 10.3. The number of nitrogens with zero attached hydrogens (tertiary/aromatic N) is 2. The van der Waals surface area contributed by atoms with Crippen LogP contribution in [0.1, 0.15) is 6.92 Å². The van der Waals surface area contributed by atoms with Gasteiger partial charge in [0.15, 0.2) is 0 Å². The standard InChI is InChI=1S/C12H11BrClFN4/c1-2-16-12-17-6-8(13)11(19-12)18-10-5-7(15)3-4-9(10)14/h3-6H,2H2,1H3,(H2,16,17,18,19). The van der Waals surface area contributed by atoms with Gasteiger partial charge in [0, 0.05) is 12.7 Å². The van der Waals surface area contributed by atoms with Gasteiger partial charge in [0.25, 0.3) is 0 Å². The Morgan fingerprint density at radius 1 is 1.42 bits per heavy atom. The second kappa shape index (κ2) is 6.16. The zero-order valence-electron chi connectivity index (χ0n) is 10.0. The lowest BCUT2D eigenvalue weighted by molar-refractivity contribution is 0.628. The van der Waals surface area contributed by atoms with Gasteiger partial charge >= 0.3 is 0 Å². The van der Waals surface area contributed by atoms with Gasteiger partial charge in [-0.2, -0.15) is 4.98 Å². The second-order valence-electron chi connectivity index (χ2n) is 3.67. The number of hydrogen-bond donors (Lipinski definition) is 2. The maximum Gasteiger partial charge on any atom is 0.224 e. The average molecular weight is 346 g/mol. The van der Waals surface area contributed by atoms with Crippen LogP contribution in [0.2, 0.25) is 5.02 Å². The first-order valence-electron chi connectivity index (χ1n) is 5.58. The lowest BCUT2D eigenvalue weighted by Crippen LogP contribution is -2.04. The molecule has 2 rings (SSSR count). The molecule has 1 heterocycles. The summed E-state index contributed by atoms with van der Waals surface area (Å²) < 4.78 is 13.9. The van der Waals surface area contributed by atoms with E-state index in [4.69, 9.17) is 11.6 Å². The zero-order valence-corrected chi connectivity index (χ0v) is 12.4. The van der Waals surface area contributed by atoms with Crippen molar-refractivity contribution in [1.29, 1.82) is 0 Å². The van der Waals surface area contributed by atoms with Gasteiger partial charge in [-0.1, -0.05) is 11.6 Å². The molecule has 0 amide bonds. The molecule has 0 saturated carbocycles. The minimum Gasteiger partial charge on any atom is -0.354 e. The molecule has 7 heteroatoms. The lowest BCUT2D eigenvalue weighted by atomic mass is 10.3. The van der Waals surface area contributed by atoms with E-state index in [1.807, 2.05) is 6.92 Å². The fourth-order valence-corrected chi connectivity index (χ4v) is 1.87. The van der Waals surface area contributed by atoms with E-state index < -0.39 is 0 Å². The predicted molar refractivity (Wildman–Crippen MR) is 78.6 cm³/mol. The lowest BCUT2D eigenvalue weighted by Gasteiger charge is -2.10. The van der Waals surface area contributed by atoms with Gasteiger partial charge in [0.1, 0.15) is 11.6 Å². The molecule has 0 saturated heterocycles. The van der Waals surface area contributed by atoms with Gasteiger partial charge in [0.05, 0.1) is 15.2 Å². The summed E-state index contributed by atoms with van der Waals surface area (Å²) in [6, 6.07) is 4.09. The van der Waals surface area contributed by atoms with Crippen LogP contribution in [-0.2, 0) is 0 Å². The fraction of sp³-hybridized carbons (Fsp3) is 0.167. The molecule has 0 bridgehead atoms. The van der Waals surface area contributed by atoms with Crippen LogP contribution in [0.3, 0.4) is 0 Å². The van der Waals surface area contributed by atoms with Gasteiger partial charge in [-0.05, 0) is 41.1 Å². The first-order valence-corrected chi connectivity index (χ1v) is 6.75. The van der Waals surface area contributed by atoms with Gasteiger partial charge in [-0.3, -0.25) is 0 Å². The molecule has 0 atom stereocenters. The van der Waals surface area contributed by atoms with E-state index in [-0.39, 0.29) is 5.82 Å². The molecule has 2 N–H and O–H groups in total. The Hall–Kier alpha value is -1.40. The molecule has 100 valence electrons. The Balaban J connectivity index is 2.31. The zero-order chi connectivity index (χ0) is 13.8. The van der Waals surface area contributed by atoms with Gasteiger partial charge in [-0.25, -0.2) is 9.37 Å². The van der Waals surface area contributed by atoms with E-state index in [0.29, 0.717) is 33.5 Å². The molecule has 1 aromatic heterocycles. The highest BCUT2D eigenvalue weighted by molar-refractivity contribution is 9.10. The molecule has 2 aromatic rings. The van der Waals surface area contributed by atoms with Crippen LogP contribution in [0.25, 0.3) is 0 Å². The third kappa shape index (κ3) is 3.54. The maximum absolute atomic E-state index is 13.2. The maximum atomic E-state index is 13.2. The highest BCUT2D eigenvalue weighted by atomic mass is 79.9. The fourth-order valence-electron chi connectivity index (χ4n) is 1.42. The van der Waals surface area contributed by atoms with Crippen molar-refractivity contribution in [2.45, 2.75) is 6.92 Å². The van der Waals surface area contributed by atoms with E-state index in [1.54, 1.807) is 6.20 Å². The van der Waals surface area contributed by atoms with Crippen molar-refractivity contribution in [2.24, 2.45) is 0 Å². The van der Waals surface area contributed by atoms with Crippen molar-refractivity contribution in [3.63, 3.8) is 0 Å². The van der Waals surface area contributed by atoms with Crippen molar-refractivity contribution in [3.05, 3.63) is 39.7 Å². The first kappa shape index (κ1) is 14.0. The van der Waals surface area contributed by atoms with Gasteiger partial charge < -0.3 is 10.6 Å². The molecule has 19 heavy (non-hydrogen) atoms. The molecule has 0 spiro atoms. The topological polar surface area (TPSA) is 49.8 Å². The Bertz CT molecular complexity index is 594. The third-order valence-corrected chi connectivity index (χ3v) is 3.17. The molecule has 0 aliphatic heterocycles. The minimum atomic E-state index is -0.371. The van der Waals surface area contributed by atoms with Crippen molar-refractivity contribution in [2.75, 3.05) is 17.2 Å². The number of rotatable bonds is 4. The Kier molecular flexibility index (Phi) is 4.55. The van der Waals surface area contributed by atoms with Crippen LogP contribution < -0.4 is 10.6 Å². The van der Waals surface area contributed by atoms with Crippen molar-refractivity contribution >= 4 is 45.0 Å². The smallest absolute Gasteiger partial charge is 0.224 e. The molecule has 1 aromatic carbocycles. The average Bonchev–Trinajstić information content (AvgIpc) is 2.38. The van der Waals surface area contributed by atoms with E-state index in [1.165, 1.54) is 18.2 Å². The number of anilines is 3. The van der Waals surface area contributed by atoms with Crippen LogP contribution in [0.5, 0.6) is 0 Å². The summed E-state index contributed by atoms with van der Waals surface area (Å²) in [4.78, 5) is 8.36. The van der Waals surface area contributed by atoms with Crippen LogP contribution in [-0.4, -0.2) is 16.5 Å². The van der Waals surface area contributed by atoms with E-state index in [2.05, 4.69) is 36.5 Å². The van der Waals surface area contributed by atoms with Crippen molar-refractivity contribution in [1.82, 2.24) is 9.97 Å². The summed E-state index contributed by atoms with van der Waals surface area (Å²) in [7, 11) is 0. The SMILES string of the molecule is CCNc1ncc(Br)c(Nc2cc(F)ccc2Cl)n1. The number of halogens is 3. The molecular weight excluding hydrogens is 335 g/mol. The van der Waals surface area contributed by atoms with E-state index in [0.717, 1.165) is 0 Å². The highest BCUT2D eigenvalue weighted by Crippen LogP contribution is 2.29. The number of aromatic nitrogens is 2. The van der Waals surface area contributed by atoms with Crippen LogP contribution in [0.15, 0.2) is 28.9 Å².